The molecule has 0 radical (unpaired) electrons. The number of likely N-dealkylation sites (N-methyl/N-ethyl adjacent to an activating group) is 1. The van der Waals surface area contributed by atoms with Crippen LogP contribution in [0.1, 0.15) is 35.4 Å². The van der Waals surface area contributed by atoms with Crippen LogP contribution in [0.2, 0.25) is 0 Å². The van der Waals surface area contributed by atoms with Crippen molar-refractivity contribution in [2.75, 3.05) is 6.54 Å². The zero-order valence-corrected chi connectivity index (χ0v) is 17.7. The van der Waals surface area contributed by atoms with Crippen LogP contribution in [-0.2, 0) is 11.3 Å². The number of hydrogen-bond acceptors (Lipinski definition) is 4. The Kier molecular flexibility index (Phi) is 6.22. The molecule has 0 aliphatic rings. The highest BCUT2D eigenvalue weighted by Gasteiger charge is 2.28. The molecular formula is C26H25N3O2. The van der Waals surface area contributed by atoms with E-state index in [-0.39, 0.29) is 18.4 Å². The Hall–Kier alpha value is -3.73. The van der Waals surface area contributed by atoms with Crippen LogP contribution in [0.3, 0.4) is 0 Å². The molecule has 0 bridgehead atoms. The van der Waals surface area contributed by atoms with Crippen molar-refractivity contribution in [3.8, 4) is 11.4 Å². The van der Waals surface area contributed by atoms with E-state index in [1.807, 2.05) is 98.8 Å². The third kappa shape index (κ3) is 4.72. The quantitative estimate of drug-likeness (QED) is 0.418. The number of carbonyl (C=O) groups excluding carboxylic acids is 1. The van der Waals surface area contributed by atoms with E-state index in [0.29, 0.717) is 18.3 Å². The van der Waals surface area contributed by atoms with E-state index in [1.165, 1.54) is 5.56 Å². The third-order valence-electron chi connectivity index (χ3n) is 5.31. The van der Waals surface area contributed by atoms with E-state index < -0.39 is 0 Å². The summed E-state index contributed by atoms with van der Waals surface area (Å²) < 4.78 is 5.47. The van der Waals surface area contributed by atoms with Crippen LogP contribution in [0.4, 0.5) is 0 Å². The van der Waals surface area contributed by atoms with Crippen LogP contribution in [-0.4, -0.2) is 27.5 Å². The van der Waals surface area contributed by atoms with Crippen LogP contribution in [0.15, 0.2) is 89.5 Å². The maximum Gasteiger partial charge on any atom is 0.246 e. The summed E-state index contributed by atoms with van der Waals surface area (Å²) in [5.41, 5.74) is 3.98. The largest absolute Gasteiger partial charge is 0.337 e. The molecule has 0 atom stereocenters. The van der Waals surface area contributed by atoms with Crippen LogP contribution in [0.5, 0.6) is 0 Å². The van der Waals surface area contributed by atoms with Crippen LogP contribution in [0, 0.1) is 6.92 Å². The molecule has 0 fully saturated rings. The second kappa shape index (κ2) is 9.39. The van der Waals surface area contributed by atoms with Gasteiger partial charge < -0.3 is 9.42 Å². The van der Waals surface area contributed by atoms with Gasteiger partial charge in [0.15, 0.2) is 0 Å². The van der Waals surface area contributed by atoms with Crippen molar-refractivity contribution >= 4 is 5.91 Å². The molecule has 0 unspecified atom stereocenters. The molecule has 1 aromatic heterocycles. The van der Waals surface area contributed by atoms with Gasteiger partial charge in [0.1, 0.15) is 6.54 Å². The summed E-state index contributed by atoms with van der Waals surface area (Å²) in [5.74, 6) is 0.573. The highest BCUT2D eigenvalue weighted by atomic mass is 16.5. The molecule has 3 aromatic carbocycles. The number of aromatic nitrogens is 2. The average Bonchev–Trinajstić information content (AvgIpc) is 3.28. The molecule has 4 rings (SSSR count). The molecule has 0 saturated carbocycles. The minimum absolute atomic E-state index is 0.00925. The third-order valence-corrected chi connectivity index (χ3v) is 5.31. The molecule has 156 valence electrons. The SMILES string of the molecule is CCN(Cc1nc(-c2ccc(C)cc2)no1)C(=O)C(c1ccccc1)c1ccccc1. The smallest absolute Gasteiger partial charge is 0.246 e. The van der Waals surface area contributed by atoms with Gasteiger partial charge >= 0.3 is 0 Å². The first kappa shape index (κ1) is 20.5. The van der Waals surface area contributed by atoms with E-state index in [2.05, 4.69) is 10.1 Å². The fourth-order valence-electron chi connectivity index (χ4n) is 3.60. The number of benzene rings is 3. The van der Waals surface area contributed by atoms with Crippen LogP contribution in [0.25, 0.3) is 11.4 Å². The predicted molar refractivity (Wildman–Crippen MR) is 120 cm³/mol. The van der Waals surface area contributed by atoms with Gasteiger partial charge in [0.2, 0.25) is 17.6 Å². The van der Waals surface area contributed by atoms with E-state index in [4.69, 9.17) is 4.52 Å². The lowest BCUT2D eigenvalue weighted by molar-refractivity contribution is -0.132. The first-order chi connectivity index (χ1) is 15.2. The normalized spacial score (nSPS) is 10.9. The minimum atomic E-state index is -0.387. The van der Waals surface area contributed by atoms with E-state index in [1.54, 1.807) is 4.90 Å². The van der Waals surface area contributed by atoms with E-state index in [0.717, 1.165) is 16.7 Å². The first-order valence-corrected chi connectivity index (χ1v) is 10.4. The van der Waals surface area contributed by atoms with Crippen LogP contribution < -0.4 is 0 Å². The lowest BCUT2D eigenvalue weighted by Crippen LogP contribution is -2.35. The second-order valence-corrected chi connectivity index (χ2v) is 7.48. The topological polar surface area (TPSA) is 59.2 Å². The van der Waals surface area contributed by atoms with Gasteiger partial charge in [0.05, 0.1) is 5.92 Å². The Morgan fingerprint density at radius 3 is 2.03 bits per heavy atom. The van der Waals surface area contributed by atoms with Crippen molar-refractivity contribution in [1.29, 1.82) is 0 Å². The molecule has 5 nitrogen and oxygen atoms in total. The van der Waals surface area contributed by atoms with Crippen LogP contribution >= 0.6 is 0 Å². The van der Waals surface area contributed by atoms with E-state index in [9.17, 15) is 4.79 Å². The van der Waals surface area contributed by atoms with Gasteiger partial charge in [0, 0.05) is 12.1 Å². The monoisotopic (exact) mass is 411 g/mol. The van der Waals surface area contributed by atoms with E-state index >= 15 is 0 Å². The molecule has 5 heteroatoms. The number of carbonyl (C=O) groups is 1. The summed E-state index contributed by atoms with van der Waals surface area (Å²) in [6, 6.07) is 27.7. The first-order valence-electron chi connectivity index (χ1n) is 10.4. The highest BCUT2D eigenvalue weighted by molar-refractivity contribution is 5.87. The molecule has 4 aromatic rings. The predicted octanol–water partition coefficient (Wildman–Crippen LogP) is 5.23. The van der Waals surface area contributed by atoms with Gasteiger partial charge in [-0.2, -0.15) is 4.98 Å². The summed E-state index contributed by atoms with van der Waals surface area (Å²) >= 11 is 0. The zero-order valence-electron chi connectivity index (χ0n) is 17.7. The van der Waals surface area contributed by atoms with Crippen molar-refractivity contribution in [2.24, 2.45) is 0 Å². The van der Waals surface area contributed by atoms with Gasteiger partial charge in [0.25, 0.3) is 0 Å². The maximum absolute atomic E-state index is 13.6. The Morgan fingerprint density at radius 1 is 0.903 bits per heavy atom. The number of nitrogens with zero attached hydrogens (tertiary/aromatic N) is 3. The van der Waals surface area contributed by atoms with Crippen molar-refractivity contribution in [3.63, 3.8) is 0 Å². The summed E-state index contributed by atoms with van der Waals surface area (Å²) in [6.07, 6.45) is 0. The summed E-state index contributed by atoms with van der Waals surface area (Å²) in [5, 5.41) is 4.10. The standard InChI is InChI=1S/C26H25N3O2/c1-3-29(18-23-27-25(28-31-23)22-16-14-19(2)15-17-22)26(30)24(20-10-6-4-7-11-20)21-12-8-5-9-13-21/h4-17,24H,3,18H2,1-2H3. The lowest BCUT2D eigenvalue weighted by atomic mass is 9.90. The molecule has 0 saturated heterocycles. The van der Waals surface area contributed by atoms with Crippen molar-refractivity contribution in [1.82, 2.24) is 15.0 Å². The lowest BCUT2D eigenvalue weighted by Gasteiger charge is -2.26. The molecule has 0 spiro atoms. The Morgan fingerprint density at radius 2 is 1.48 bits per heavy atom. The Bertz CT molecular complexity index is 1080. The Labute approximate surface area is 182 Å². The fraction of sp³-hybridized carbons (Fsp3) is 0.192. The number of aryl methyl sites for hydroxylation is 1. The summed E-state index contributed by atoms with van der Waals surface area (Å²) in [6.45, 7) is 4.80. The molecule has 0 N–H and O–H groups in total. The summed E-state index contributed by atoms with van der Waals surface area (Å²) in [7, 11) is 0. The van der Waals surface area contributed by atoms with Crippen molar-refractivity contribution in [3.05, 3.63) is 108 Å². The highest BCUT2D eigenvalue weighted by Crippen LogP contribution is 2.27. The number of amides is 1. The average molecular weight is 412 g/mol. The zero-order chi connectivity index (χ0) is 21.6. The summed E-state index contributed by atoms with van der Waals surface area (Å²) in [4.78, 5) is 19.9. The maximum atomic E-state index is 13.6. The minimum Gasteiger partial charge on any atom is -0.337 e. The molecule has 1 amide bonds. The molecule has 0 aliphatic carbocycles. The van der Waals surface area contributed by atoms with Gasteiger partial charge in [-0.15, -0.1) is 0 Å². The molecule has 0 aliphatic heterocycles. The molecule has 31 heavy (non-hydrogen) atoms. The Balaban J connectivity index is 1.59. The van der Waals surface area contributed by atoms with Crippen molar-refractivity contribution in [2.45, 2.75) is 26.3 Å². The van der Waals surface area contributed by atoms with Crippen molar-refractivity contribution < 1.29 is 9.32 Å². The molecule has 1 heterocycles. The molecular weight excluding hydrogens is 386 g/mol. The fourth-order valence-corrected chi connectivity index (χ4v) is 3.60. The van der Waals surface area contributed by atoms with Gasteiger partial charge in [-0.3, -0.25) is 4.79 Å². The van der Waals surface area contributed by atoms with Gasteiger partial charge in [-0.1, -0.05) is 95.6 Å². The van der Waals surface area contributed by atoms with Gasteiger partial charge in [-0.05, 0) is 25.0 Å². The number of hydrogen-bond donors (Lipinski definition) is 0. The number of rotatable bonds is 7. The van der Waals surface area contributed by atoms with Gasteiger partial charge in [-0.25, -0.2) is 0 Å². The second-order valence-electron chi connectivity index (χ2n) is 7.48.